The zero-order valence-electron chi connectivity index (χ0n) is 12.1. The lowest BCUT2D eigenvalue weighted by Crippen LogP contribution is -2.41. The molecule has 1 aromatic carbocycles. The molecule has 1 aliphatic rings. The summed E-state index contributed by atoms with van der Waals surface area (Å²) in [5.74, 6) is 0.666. The topological polar surface area (TPSA) is 41.1 Å². The summed E-state index contributed by atoms with van der Waals surface area (Å²) in [6, 6.07) is 8.59. The van der Waals surface area contributed by atoms with Gasteiger partial charge in [-0.2, -0.15) is 0 Å². The van der Waals surface area contributed by atoms with Crippen LogP contribution in [0.15, 0.2) is 24.3 Å². The molecular formula is C16H24N2O. The maximum atomic E-state index is 12.0. The molecule has 2 unspecified atom stereocenters. The fourth-order valence-electron chi connectivity index (χ4n) is 2.48. The van der Waals surface area contributed by atoms with Crippen LogP contribution < -0.4 is 10.6 Å². The van der Waals surface area contributed by atoms with Crippen LogP contribution >= 0.6 is 0 Å². The first-order valence-electron chi connectivity index (χ1n) is 7.21. The van der Waals surface area contributed by atoms with Gasteiger partial charge in [0.2, 0.25) is 5.91 Å². The van der Waals surface area contributed by atoms with Crippen LogP contribution in [-0.2, 0) is 4.79 Å². The minimum absolute atomic E-state index is 0.00242. The Hall–Kier alpha value is -1.35. The standard InChI is InChI=1S/C16H24N2O/c1-11(2)13-6-8-14(9-7-13)12(3)18-16(19)15-5-4-10-17-15/h6-9,11-12,15,17H,4-5,10H2,1-3H3,(H,18,19). The molecule has 0 saturated carbocycles. The van der Waals surface area contributed by atoms with E-state index >= 15 is 0 Å². The summed E-state index contributed by atoms with van der Waals surface area (Å²) in [6.07, 6.45) is 2.04. The van der Waals surface area contributed by atoms with E-state index in [-0.39, 0.29) is 18.0 Å². The van der Waals surface area contributed by atoms with Crippen LogP contribution in [0.25, 0.3) is 0 Å². The molecule has 0 bridgehead atoms. The van der Waals surface area contributed by atoms with Crippen LogP contribution in [-0.4, -0.2) is 18.5 Å². The summed E-state index contributed by atoms with van der Waals surface area (Å²) in [4.78, 5) is 12.0. The lowest BCUT2D eigenvalue weighted by Gasteiger charge is -2.18. The molecule has 2 atom stereocenters. The van der Waals surface area contributed by atoms with Crippen LogP contribution in [0, 0.1) is 0 Å². The average molecular weight is 260 g/mol. The van der Waals surface area contributed by atoms with Gasteiger partial charge in [0.05, 0.1) is 12.1 Å². The molecule has 1 saturated heterocycles. The Morgan fingerprint density at radius 2 is 1.84 bits per heavy atom. The molecule has 2 rings (SSSR count). The highest BCUT2D eigenvalue weighted by atomic mass is 16.2. The highest BCUT2D eigenvalue weighted by Crippen LogP contribution is 2.19. The Labute approximate surface area is 115 Å². The summed E-state index contributed by atoms with van der Waals surface area (Å²) >= 11 is 0. The minimum Gasteiger partial charge on any atom is -0.348 e. The Bertz CT molecular complexity index is 419. The number of carbonyl (C=O) groups is 1. The van der Waals surface area contributed by atoms with Gasteiger partial charge in [-0.1, -0.05) is 38.1 Å². The van der Waals surface area contributed by atoms with Gasteiger partial charge >= 0.3 is 0 Å². The van der Waals surface area contributed by atoms with Crippen molar-refractivity contribution in [1.29, 1.82) is 0 Å². The highest BCUT2D eigenvalue weighted by Gasteiger charge is 2.23. The third-order valence-electron chi connectivity index (χ3n) is 3.84. The van der Waals surface area contributed by atoms with E-state index in [2.05, 4.69) is 48.7 Å². The van der Waals surface area contributed by atoms with Crippen molar-refractivity contribution in [2.24, 2.45) is 0 Å². The largest absolute Gasteiger partial charge is 0.348 e. The van der Waals surface area contributed by atoms with E-state index in [9.17, 15) is 4.79 Å². The second kappa shape index (κ2) is 6.20. The monoisotopic (exact) mass is 260 g/mol. The molecule has 1 fully saturated rings. The van der Waals surface area contributed by atoms with Crippen molar-refractivity contribution in [1.82, 2.24) is 10.6 Å². The van der Waals surface area contributed by atoms with Crippen LogP contribution in [0.4, 0.5) is 0 Å². The minimum atomic E-state index is -0.00242. The summed E-state index contributed by atoms with van der Waals surface area (Å²) in [5.41, 5.74) is 2.50. The molecule has 0 aromatic heterocycles. The van der Waals surface area contributed by atoms with Gasteiger partial charge in [0.15, 0.2) is 0 Å². The van der Waals surface area contributed by atoms with Crippen molar-refractivity contribution >= 4 is 5.91 Å². The Morgan fingerprint density at radius 3 is 2.37 bits per heavy atom. The van der Waals surface area contributed by atoms with Gasteiger partial charge in [-0.25, -0.2) is 0 Å². The molecule has 1 aromatic rings. The zero-order chi connectivity index (χ0) is 13.8. The molecule has 2 N–H and O–H groups in total. The summed E-state index contributed by atoms with van der Waals surface area (Å²) in [7, 11) is 0. The van der Waals surface area contributed by atoms with Gasteiger partial charge in [-0.15, -0.1) is 0 Å². The van der Waals surface area contributed by atoms with Gasteiger partial charge in [0.25, 0.3) is 0 Å². The van der Waals surface area contributed by atoms with Gasteiger partial charge in [0.1, 0.15) is 0 Å². The van der Waals surface area contributed by atoms with Crippen molar-refractivity contribution in [2.45, 2.75) is 51.6 Å². The highest BCUT2D eigenvalue weighted by molar-refractivity contribution is 5.82. The number of benzene rings is 1. The molecule has 19 heavy (non-hydrogen) atoms. The van der Waals surface area contributed by atoms with E-state index in [0.717, 1.165) is 24.9 Å². The number of carbonyl (C=O) groups excluding carboxylic acids is 1. The number of hydrogen-bond acceptors (Lipinski definition) is 2. The third kappa shape index (κ3) is 3.57. The van der Waals surface area contributed by atoms with E-state index in [1.807, 2.05) is 6.92 Å². The molecule has 0 radical (unpaired) electrons. The third-order valence-corrected chi connectivity index (χ3v) is 3.84. The molecule has 0 spiro atoms. The van der Waals surface area contributed by atoms with E-state index in [4.69, 9.17) is 0 Å². The molecular weight excluding hydrogens is 236 g/mol. The van der Waals surface area contributed by atoms with Gasteiger partial charge in [-0.3, -0.25) is 4.79 Å². The summed E-state index contributed by atoms with van der Waals surface area (Å²) in [6.45, 7) is 7.37. The molecule has 1 amide bonds. The Kier molecular flexibility index (Phi) is 4.59. The normalized spacial score (nSPS) is 20.5. The maximum absolute atomic E-state index is 12.0. The SMILES string of the molecule is CC(C)c1ccc(C(C)NC(=O)C2CCCN2)cc1. The van der Waals surface area contributed by atoms with Crippen molar-refractivity contribution in [3.63, 3.8) is 0 Å². The second-order valence-corrected chi connectivity index (χ2v) is 5.70. The van der Waals surface area contributed by atoms with E-state index in [1.54, 1.807) is 0 Å². The van der Waals surface area contributed by atoms with Gasteiger partial charge < -0.3 is 10.6 Å². The van der Waals surface area contributed by atoms with E-state index in [1.165, 1.54) is 5.56 Å². The van der Waals surface area contributed by atoms with Crippen LogP contribution in [0.2, 0.25) is 0 Å². The lowest BCUT2D eigenvalue weighted by molar-refractivity contribution is -0.123. The fraction of sp³-hybridized carbons (Fsp3) is 0.562. The number of rotatable bonds is 4. The number of hydrogen-bond donors (Lipinski definition) is 2. The summed E-state index contributed by atoms with van der Waals surface area (Å²) < 4.78 is 0. The second-order valence-electron chi connectivity index (χ2n) is 5.70. The first-order chi connectivity index (χ1) is 9.08. The molecule has 1 heterocycles. The predicted octanol–water partition coefficient (Wildman–Crippen LogP) is 2.74. The number of amides is 1. The van der Waals surface area contributed by atoms with Crippen molar-refractivity contribution in [3.05, 3.63) is 35.4 Å². The zero-order valence-corrected chi connectivity index (χ0v) is 12.1. The van der Waals surface area contributed by atoms with Crippen LogP contribution in [0.3, 0.4) is 0 Å². The van der Waals surface area contributed by atoms with Gasteiger partial charge in [-0.05, 0) is 43.4 Å². The molecule has 3 nitrogen and oxygen atoms in total. The van der Waals surface area contributed by atoms with Gasteiger partial charge in [0, 0.05) is 0 Å². The quantitative estimate of drug-likeness (QED) is 0.874. The molecule has 104 valence electrons. The van der Waals surface area contributed by atoms with E-state index in [0.29, 0.717) is 5.92 Å². The maximum Gasteiger partial charge on any atom is 0.237 e. The van der Waals surface area contributed by atoms with Crippen molar-refractivity contribution in [3.8, 4) is 0 Å². The number of nitrogens with one attached hydrogen (secondary N) is 2. The first kappa shape index (κ1) is 14.1. The molecule has 1 aliphatic heterocycles. The summed E-state index contributed by atoms with van der Waals surface area (Å²) in [5, 5.41) is 6.31. The van der Waals surface area contributed by atoms with Crippen LogP contribution in [0.5, 0.6) is 0 Å². The lowest BCUT2D eigenvalue weighted by atomic mass is 9.99. The Morgan fingerprint density at radius 1 is 1.21 bits per heavy atom. The molecule has 0 aliphatic carbocycles. The van der Waals surface area contributed by atoms with E-state index < -0.39 is 0 Å². The Balaban J connectivity index is 1.95. The van der Waals surface area contributed by atoms with Crippen molar-refractivity contribution in [2.75, 3.05) is 6.54 Å². The predicted molar refractivity (Wildman–Crippen MR) is 78.1 cm³/mol. The van der Waals surface area contributed by atoms with Crippen molar-refractivity contribution < 1.29 is 4.79 Å². The average Bonchev–Trinajstić information content (AvgIpc) is 2.92. The first-order valence-corrected chi connectivity index (χ1v) is 7.21. The smallest absolute Gasteiger partial charge is 0.237 e. The molecule has 3 heteroatoms. The van der Waals surface area contributed by atoms with Crippen LogP contribution in [0.1, 0.15) is 56.7 Å². The fourth-order valence-corrected chi connectivity index (χ4v) is 2.48.